The molecule has 112 valence electrons. The number of nitrogens with zero attached hydrogens (tertiary/aromatic N) is 2. The van der Waals surface area contributed by atoms with E-state index in [9.17, 15) is 9.90 Å². The van der Waals surface area contributed by atoms with E-state index < -0.39 is 0 Å². The minimum absolute atomic E-state index is 0.162. The van der Waals surface area contributed by atoms with Gasteiger partial charge < -0.3 is 26.5 Å². The number of likely N-dealkylation sites (N-methyl/N-ethyl adjacent to an activating group) is 1. The Morgan fingerprint density at radius 1 is 1.48 bits per heavy atom. The summed E-state index contributed by atoms with van der Waals surface area (Å²) >= 11 is 0. The molecule has 21 heavy (non-hydrogen) atoms. The fourth-order valence-electron chi connectivity index (χ4n) is 2.07. The quantitative estimate of drug-likeness (QED) is 0.627. The number of aromatic amines is 1. The van der Waals surface area contributed by atoms with Gasteiger partial charge in [-0.3, -0.25) is 4.79 Å². The highest BCUT2D eigenvalue weighted by molar-refractivity contribution is 5.99. The summed E-state index contributed by atoms with van der Waals surface area (Å²) in [6, 6.07) is 5.32. The second-order valence-electron chi connectivity index (χ2n) is 4.80. The molecule has 0 spiro atoms. The number of aromatic hydroxyl groups is 1. The van der Waals surface area contributed by atoms with Crippen LogP contribution < -0.4 is 11.5 Å². The van der Waals surface area contributed by atoms with Gasteiger partial charge in [0.15, 0.2) is 5.96 Å². The molecular formula is C14H19N5O2. The van der Waals surface area contributed by atoms with E-state index in [0.717, 1.165) is 17.3 Å². The molecule has 1 aromatic heterocycles. The summed E-state index contributed by atoms with van der Waals surface area (Å²) in [6.07, 6.45) is 2.81. The van der Waals surface area contributed by atoms with Crippen molar-refractivity contribution < 1.29 is 9.90 Å². The maximum Gasteiger partial charge on any atom is 0.268 e. The SMILES string of the molecule is CN1CC(=O)N=C1N.NCCc1c[nH]c2cc(O)ccc12. The number of fused-ring (bicyclic) bond motifs is 1. The van der Waals surface area contributed by atoms with Crippen LogP contribution in [-0.2, 0) is 11.2 Å². The first kappa shape index (κ1) is 14.9. The third-order valence-corrected chi connectivity index (χ3v) is 3.17. The lowest BCUT2D eigenvalue weighted by Gasteiger charge is -2.05. The molecule has 1 aliphatic rings. The minimum atomic E-state index is -0.162. The Labute approximate surface area is 122 Å². The molecule has 0 saturated carbocycles. The predicted molar refractivity (Wildman–Crippen MR) is 82.0 cm³/mol. The molecule has 7 heteroatoms. The Morgan fingerprint density at radius 3 is 2.76 bits per heavy atom. The number of phenols is 1. The highest BCUT2D eigenvalue weighted by Crippen LogP contribution is 2.22. The van der Waals surface area contributed by atoms with E-state index in [0.29, 0.717) is 19.0 Å². The van der Waals surface area contributed by atoms with Gasteiger partial charge >= 0.3 is 0 Å². The van der Waals surface area contributed by atoms with Crippen LogP contribution in [0.5, 0.6) is 5.75 Å². The van der Waals surface area contributed by atoms with Crippen molar-refractivity contribution in [2.75, 3.05) is 20.1 Å². The molecule has 1 aliphatic heterocycles. The lowest BCUT2D eigenvalue weighted by Crippen LogP contribution is -2.29. The van der Waals surface area contributed by atoms with Gasteiger partial charge in [-0.25, -0.2) is 0 Å². The standard InChI is InChI=1S/C10H12N2O.C4H7N3O/c11-4-3-7-6-12-10-5-8(13)1-2-9(7)10;1-7-2-3(8)6-4(7)5/h1-2,5-6,12-13H,3-4,11H2;2H2,1H3,(H2,5,6,8). The number of hydrogen-bond acceptors (Lipinski definition) is 5. The van der Waals surface area contributed by atoms with Gasteiger partial charge in [0.1, 0.15) is 12.3 Å². The number of nitrogens with two attached hydrogens (primary N) is 2. The van der Waals surface area contributed by atoms with Crippen LogP contribution in [0.2, 0.25) is 0 Å². The minimum Gasteiger partial charge on any atom is -0.508 e. The van der Waals surface area contributed by atoms with Crippen LogP contribution in [0.1, 0.15) is 5.56 Å². The number of amides is 1. The molecule has 0 bridgehead atoms. The van der Waals surface area contributed by atoms with Crippen molar-refractivity contribution in [3.63, 3.8) is 0 Å². The molecule has 7 nitrogen and oxygen atoms in total. The largest absolute Gasteiger partial charge is 0.508 e. The highest BCUT2D eigenvalue weighted by Gasteiger charge is 2.15. The summed E-state index contributed by atoms with van der Waals surface area (Å²) in [7, 11) is 1.73. The molecule has 1 aromatic carbocycles. The zero-order chi connectivity index (χ0) is 15.4. The average Bonchev–Trinajstić information content (AvgIpc) is 2.94. The van der Waals surface area contributed by atoms with Crippen LogP contribution in [-0.4, -0.2) is 47.0 Å². The van der Waals surface area contributed by atoms with Crippen molar-refractivity contribution in [3.8, 4) is 5.75 Å². The molecular weight excluding hydrogens is 270 g/mol. The number of aromatic nitrogens is 1. The first-order valence-corrected chi connectivity index (χ1v) is 6.58. The van der Waals surface area contributed by atoms with E-state index in [-0.39, 0.29) is 11.7 Å². The molecule has 6 N–H and O–H groups in total. The molecule has 1 amide bonds. The fraction of sp³-hybridized carbons (Fsp3) is 0.286. The molecule has 0 saturated heterocycles. The van der Waals surface area contributed by atoms with E-state index in [2.05, 4.69) is 9.98 Å². The number of aliphatic imine (C=N–C) groups is 1. The Morgan fingerprint density at radius 2 is 2.24 bits per heavy atom. The summed E-state index contributed by atoms with van der Waals surface area (Å²) in [5.41, 5.74) is 12.9. The van der Waals surface area contributed by atoms with Gasteiger partial charge in [-0.1, -0.05) is 0 Å². The van der Waals surface area contributed by atoms with Crippen molar-refractivity contribution >= 4 is 22.8 Å². The van der Waals surface area contributed by atoms with Crippen molar-refractivity contribution in [2.45, 2.75) is 6.42 Å². The van der Waals surface area contributed by atoms with Crippen LogP contribution in [0, 0.1) is 0 Å². The van der Waals surface area contributed by atoms with Crippen molar-refractivity contribution in [1.29, 1.82) is 0 Å². The summed E-state index contributed by atoms with van der Waals surface area (Å²) in [6.45, 7) is 0.972. The normalized spacial score (nSPS) is 14.1. The number of H-pyrrole nitrogens is 1. The number of guanidine groups is 1. The van der Waals surface area contributed by atoms with Crippen LogP contribution in [0.25, 0.3) is 10.9 Å². The third kappa shape index (κ3) is 3.51. The maximum atomic E-state index is 10.4. The summed E-state index contributed by atoms with van der Waals surface area (Å²) in [5, 5.41) is 10.4. The summed E-state index contributed by atoms with van der Waals surface area (Å²) < 4.78 is 0. The Hall–Kier alpha value is -2.54. The van der Waals surface area contributed by atoms with Gasteiger partial charge in [-0.05, 0) is 30.7 Å². The van der Waals surface area contributed by atoms with Gasteiger partial charge in [0.05, 0.1) is 0 Å². The molecule has 2 aromatic rings. The van der Waals surface area contributed by atoms with Crippen LogP contribution >= 0.6 is 0 Å². The number of phenolic OH excluding ortho intramolecular Hbond substituents is 1. The molecule has 0 atom stereocenters. The number of rotatable bonds is 2. The summed E-state index contributed by atoms with van der Waals surface area (Å²) in [4.78, 5) is 18.5. The fourth-order valence-corrected chi connectivity index (χ4v) is 2.07. The number of carbonyl (C=O) groups is 1. The monoisotopic (exact) mass is 289 g/mol. The van der Waals surface area contributed by atoms with Crippen molar-refractivity contribution in [2.24, 2.45) is 16.5 Å². The Balaban J connectivity index is 0.000000173. The number of nitrogens with one attached hydrogen (secondary N) is 1. The van der Waals surface area contributed by atoms with Crippen molar-refractivity contribution in [3.05, 3.63) is 30.0 Å². The smallest absolute Gasteiger partial charge is 0.268 e. The molecule has 0 fully saturated rings. The second kappa shape index (κ2) is 6.27. The highest BCUT2D eigenvalue weighted by atomic mass is 16.3. The molecule has 0 aliphatic carbocycles. The van der Waals surface area contributed by atoms with Gasteiger partial charge in [0.25, 0.3) is 5.91 Å². The Bertz CT molecular complexity index is 677. The average molecular weight is 289 g/mol. The predicted octanol–water partition coefficient (Wildman–Crippen LogP) is 0.148. The number of carbonyl (C=O) groups excluding carboxylic acids is 1. The van der Waals surface area contributed by atoms with E-state index in [4.69, 9.17) is 11.5 Å². The van der Waals surface area contributed by atoms with Crippen LogP contribution in [0.4, 0.5) is 0 Å². The van der Waals surface area contributed by atoms with Gasteiger partial charge in [0, 0.05) is 30.2 Å². The number of hydrogen-bond donors (Lipinski definition) is 4. The lowest BCUT2D eigenvalue weighted by atomic mass is 10.1. The first-order chi connectivity index (χ1) is 10.0. The number of benzene rings is 1. The molecule has 0 unspecified atom stereocenters. The third-order valence-electron chi connectivity index (χ3n) is 3.17. The van der Waals surface area contributed by atoms with Crippen molar-refractivity contribution in [1.82, 2.24) is 9.88 Å². The van der Waals surface area contributed by atoms with E-state index in [1.165, 1.54) is 5.56 Å². The molecule has 3 rings (SSSR count). The van der Waals surface area contributed by atoms with E-state index in [1.807, 2.05) is 12.3 Å². The maximum absolute atomic E-state index is 10.4. The summed E-state index contributed by atoms with van der Waals surface area (Å²) in [5.74, 6) is 0.439. The molecule has 0 radical (unpaired) electrons. The molecule has 2 heterocycles. The Kier molecular flexibility index (Phi) is 4.44. The van der Waals surface area contributed by atoms with E-state index >= 15 is 0 Å². The van der Waals surface area contributed by atoms with Crippen LogP contribution in [0.3, 0.4) is 0 Å². The van der Waals surface area contributed by atoms with E-state index in [1.54, 1.807) is 24.1 Å². The van der Waals surface area contributed by atoms with Gasteiger partial charge in [0.2, 0.25) is 0 Å². The first-order valence-electron chi connectivity index (χ1n) is 6.58. The van der Waals surface area contributed by atoms with Gasteiger partial charge in [-0.15, -0.1) is 0 Å². The topological polar surface area (TPSA) is 121 Å². The van der Waals surface area contributed by atoms with Crippen LogP contribution in [0.15, 0.2) is 29.4 Å². The lowest BCUT2D eigenvalue weighted by molar-refractivity contribution is -0.116. The second-order valence-corrected chi connectivity index (χ2v) is 4.80. The van der Waals surface area contributed by atoms with Gasteiger partial charge in [-0.2, -0.15) is 4.99 Å². The zero-order valence-corrected chi connectivity index (χ0v) is 11.8. The zero-order valence-electron chi connectivity index (χ0n) is 11.8.